The summed E-state index contributed by atoms with van der Waals surface area (Å²) in [6.07, 6.45) is 4.46. The maximum atomic E-state index is 6.14. The second-order valence-electron chi connectivity index (χ2n) is 5.56. The molecule has 0 bridgehead atoms. The maximum absolute atomic E-state index is 6.14. The molecule has 0 radical (unpaired) electrons. The zero-order valence-electron chi connectivity index (χ0n) is 11.1. The summed E-state index contributed by atoms with van der Waals surface area (Å²) in [4.78, 5) is 0. The van der Waals surface area contributed by atoms with Crippen molar-refractivity contribution >= 4 is 0 Å². The Morgan fingerprint density at radius 1 is 1.35 bits per heavy atom. The number of rotatable bonds is 5. The average molecular weight is 233 g/mol. The van der Waals surface area contributed by atoms with Gasteiger partial charge in [0.2, 0.25) is 0 Å². The second-order valence-corrected chi connectivity index (χ2v) is 5.56. The third-order valence-electron chi connectivity index (χ3n) is 3.74. The first-order chi connectivity index (χ1) is 8.06. The summed E-state index contributed by atoms with van der Waals surface area (Å²) in [7, 11) is 1.76. The molecule has 0 saturated heterocycles. The maximum Gasteiger partial charge on any atom is 0.125 e. The van der Waals surface area contributed by atoms with Crippen LogP contribution in [-0.2, 0) is 6.42 Å². The van der Waals surface area contributed by atoms with Crippen molar-refractivity contribution in [1.82, 2.24) is 0 Å². The first-order valence-corrected chi connectivity index (χ1v) is 6.50. The molecule has 1 aliphatic carbocycles. The Balaban J connectivity index is 2.17. The molecule has 1 fully saturated rings. The highest BCUT2D eigenvalue weighted by atomic mass is 16.5. The zero-order chi connectivity index (χ0) is 12.5. The molecular weight excluding hydrogens is 210 g/mol. The summed E-state index contributed by atoms with van der Waals surface area (Å²) in [6.45, 7) is 4.40. The number of hydrogen-bond donors (Lipinski definition) is 1. The Bertz CT molecular complexity index is 394. The molecular formula is C15H23NO. The van der Waals surface area contributed by atoms with Gasteiger partial charge in [-0.05, 0) is 42.7 Å². The smallest absolute Gasteiger partial charge is 0.125 e. The normalized spacial score (nSPS) is 17.2. The topological polar surface area (TPSA) is 35.2 Å². The molecule has 17 heavy (non-hydrogen) atoms. The molecule has 1 aromatic rings. The van der Waals surface area contributed by atoms with E-state index in [4.69, 9.17) is 10.5 Å². The van der Waals surface area contributed by atoms with Crippen LogP contribution in [0.25, 0.3) is 0 Å². The lowest BCUT2D eigenvalue weighted by Crippen LogP contribution is -2.22. The Morgan fingerprint density at radius 2 is 2.06 bits per heavy atom. The van der Waals surface area contributed by atoms with Crippen LogP contribution in [0.5, 0.6) is 5.75 Å². The molecule has 2 N–H and O–H groups in total. The van der Waals surface area contributed by atoms with Crippen LogP contribution >= 0.6 is 0 Å². The van der Waals surface area contributed by atoms with Gasteiger partial charge in [-0.25, -0.2) is 0 Å². The number of para-hydroxylation sites is 1. The summed E-state index contributed by atoms with van der Waals surface area (Å²) in [5, 5.41) is 0. The van der Waals surface area contributed by atoms with Gasteiger partial charge in [-0.2, -0.15) is 0 Å². The van der Waals surface area contributed by atoms with Gasteiger partial charge in [-0.15, -0.1) is 0 Å². The summed E-state index contributed by atoms with van der Waals surface area (Å²) < 4.78 is 5.58. The molecule has 1 aliphatic rings. The fraction of sp³-hybridized carbons (Fsp3) is 0.600. The molecule has 2 rings (SSSR count). The van der Waals surface area contributed by atoms with E-state index in [1.807, 2.05) is 0 Å². The Labute approximate surface area is 104 Å². The Hall–Kier alpha value is -1.02. The lowest BCUT2D eigenvalue weighted by molar-refractivity contribution is 0.400. The lowest BCUT2D eigenvalue weighted by atomic mass is 9.96. The van der Waals surface area contributed by atoms with Crippen LogP contribution in [0, 0.1) is 0 Å². The van der Waals surface area contributed by atoms with Crippen molar-refractivity contribution in [1.29, 1.82) is 0 Å². The van der Waals surface area contributed by atoms with E-state index in [1.165, 1.54) is 24.0 Å². The molecule has 1 aromatic carbocycles. The van der Waals surface area contributed by atoms with Gasteiger partial charge in [0.15, 0.2) is 0 Å². The Kier molecular flexibility index (Phi) is 3.43. The summed E-state index contributed by atoms with van der Waals surface area (Å²) in [5.74, 6) is 1.56. The first-order valence-electron chi connectivity index (χ1n) is 6.50. The highest BCUT2D eigenvalue weighted by Gasteiger charge is 2.37. The number of hydrogen-bond acceptors (Lipinski definition) is 2. The Morgan fingerprint density at radius 3 is 2.59 bits per heavy atom. The monoisotopic (exact) mass is 233 g/mol. The molecule has 0 amide bonds. The average Bonchev–Trinajstić information content (AvgIpc) is 3.04. The lowest BCUT2D eigenvalue weighted by Gasteiger charge is -2.17. The van der Waals surface area contributed by atoms with Crippen LogP contribution < -0.4 is 10.5 Å². The largest absolute Gasteiger partial charge is 0.496 e. The van der Waals surface area contributed by atoms with Crippen molar-refractivity contribution in [3.8, 4) is 5.75 Å². The number of nitrogens with two attached hydrogens (primary N) is 1. The van der Waals surface area contributed by atoms with Crippen LogP contribution in [0.2, 0.25) is 0 Å². The number of ether oxygens (including phenoxy) is 1. The van der Waals surface area contributed by atoms with Crippen molar-refractivity contribution in [3.63, 3.8) is 0 Å². The van der Waals surface area contributed by atoms with E-state index in [9.17, 15) is 0 Å². The van der Waals surface area contributed by atoms with Crippen molar-refractivity contribution in [2.45, 2.75) is 51.0 Å². The van der Waals surface area contributed by atoms with Gasteiger partial charge in [0.1, 0.15) is 5.75 Å². The second kappa shape index (κ2) is 4.69. The van der Waals surface area contributed by atoms with Gasteiger partial charge in [-0.3, -0.25) is 0 Å². The highest BCUT2D eigenvalue weighted by Crippen LogP contribution is 2.38. The number of methoxy groups -OCH3 is 1. The first kappa shape index (κ1) is 12.4. The molecule has 0 heterocycles. The minimum atomic E-state index is 0.124. The summed E-state index contributed by atoms with van der Waals surface area (Å²) >= 11 is 0. The van der Waals surface area contributed by atoms with Crippen LogP contribution in [0.4, 0.5) is 0 Å². The van der Waals surface area contributed by atoms with E-state index in [2.05, 4.69) is 32.0 Å². The van der Waals surface area contributed by atoms with Gasteiger partial charge in [0, 0.05) is 5.54 Å². The van der Waals surface area contributed by atoms with Crippen molar-refractivity contribution in [2.75, 3.05) is 7.11 Å². The zero-order valence-corrected chi connectivity index (χ0v) is 11.1. The molecule has 0 aliphatic heterocycles. The third kappa shape index (κ3) is 2.81. The van der Waals surface area contributed by atoms with E-state index < -0.39 is 0 Å². The number of benzene rings is 1. The SMILES string of the molecule is COc1c(CCC2(N)CC2)cccc1C(C)C. The van der Waals surface area contributed by atoms with Crippen molar-refractivity contribution in [2.24, 2.45) is 5.73 Å². The highest BCUT2D eigenvalue weighted by molar-refractivity contribution is 5.43. The number of aryl methyl sites for hydroxylation is 1. The minimum Gasteiger partial charge on any atom is -0.496 e. The fourth-order valence-electron chi connectivity index (χ4n) is 2.30. The third-order valence-corrected chi connectivity index (χ3v) is 3.74. The van der Waals surface area contributed by atoms with E-state index in [1.54, 1.807) is 7.11 Å². The predicted octanol–water partition coefficient (Wildman–Crippen LogP) is 3.24. The van der Waals surface area contributed by atoms with Crippen LogP contribution in [0.3, 0.4) is 0 Å². The standard InChI is InChI=1S/C15H23NO/c1-11(2)13-6-4-5-12(14(13)17-3)7-8-15(16)9-10-15/h4-6,11H,7-10,16H2,1-3H3. The van der Waals surface area contributed by atoms with Crippen molar-refractivity contribution < 1.29 is 4.74 Å². The van der Waals surface area contributed by atoms with Crippen LogP contribution in [-0.4, -0.2) is 12.6 Å². The van der Waals surface area contributed by atoms with Crippen molar-refractivity contribution in [3.05, 3.63) is 29.3 Å². The predicted molar refractivity (Wildman–Crippen MR) is 71.6 cm³/mol. The summed E-state index contributed by atoms with van der Waals surface area (Å²) in [6, 6.07) is 6.45. The molecule has 94 valence electrons. The van der Waals surface area contributed by atoms with Crippen LogP contribution in [0.15, 0.2) is 18.2 Å². The quantitative estimate of drug-likeness (QED) is 0.847. The fourth-order valence-corrected chi connectivity index (χ4v) is 2.30. The molecule has 0 spiro atoms. The molecule has 2 heteroatoms. The van der Waals surface area contributed by atoms with Gasteiger partial charge in [0.25, 0.3) is 0 Å². The molecule has 1 saturated carbocycles. The van der Waals surface area contributed by atoms with E-state index in [0.29, 0.717) is 5.92 Å². The molecule has 2 nitrogen and oxygen atoms in total. The van der Waals surface area contributed by atoms with E-state index >= 15 is 0 Å². The minimum absolute atomic E-state index is 0.124. The van der Waals surface area contributed by atoms with E-state index in [0.717, 1.165) is 18.6 Å². The van der Waals surface area contributed by atoms with Gasteiger partial charge >= 0.3 is 0 Å². The van der Waals surface area contributed by atoms with Gasteiger partial charge in [0.05, 0.1) is 7.11 Å². The van der Waals surface area contributed by atoms with E-state index in [-0.39, 0.29) is 5.54 Å². The van der Waals surface area contributed by atoms with Crippen LogP contribution in [0.1, 0.15) is 50.2 Å². The molecule has 0 atom stereocenters. The van der Waals surface area contributed by atoms with Gasteiger partial charge < -0.3 is 10.5 Å². The molecule has 0 aromatic heterocycles. The van der Waals surface area contributed by atoms with Gasteiger partial charge in [-0.1, -0.05) is 32.0 Å². The molecule has 0 unspecified atom stereocenters. The summed E-state index contributed by atoms with van der Waals surface area (Å²) in [5.41, 5.74) is 8.87.